The highest BCUT2D eigenvalue weighted by Gasteiger charge is 2.04. The van der Waals surface area contributed by atoms with Crippen molar-refractivity contribution < 1.29 is 4.74 Å². The molecule has 16 heavy (non-hydrogen) atoms. The Morgan fingerprint density at radius 3 is 2.81 bits per heavy atom. The molecule has 1 aromatic heterocycles. The van der Waals surface area contributed by atoms with E-state index in [1.807, 2.05) is 0 Å². The van der Waals surface area contributed by atoms with Crippen molar-refractivity contribution in [3.63, 3.8) is 0 Å². The van der Waals surface area contributed by atoms with Crippen LogP contribution >= 0.6 is 34.5 Å². The standard InChI is InChI=1S/C10H8Cl2N2OS/c11-6-1-2-9(8(12)3-6)15-5-7-4-14-10(13)16-7/h1-4H,5H2,(H2,13,14). The van der Waals surface area contributed by atoms with Gasteiger partial charge in [-0.15, -0.1) is 0 Å². The van der Waals surface area contributed by atoms with E-state index in [-0.39, 0.29) is 0 Å². The van der Waals surface area contributed by atoms with Gasteiger partial charge in [0.1, 0.15) is 12.4 Å². The van der Waals surface area contributed by atoms with Gasteiger partial charge in [-0.3, -0.25) is 0 Å². The largest absolute Gasteiger partial charge is 0.486 e. The van der Waals surface area contributed by atoms with E-state index in [0.29, 0.717) is 27.5 Å². The molecule has 0 aliphatic carbocycles. The fraction of sp³-hybridized carbons (Fsp3) is 0.100. The van der Waals surface area contributed by atoms with Gasteiger partial charge in [0, 0.05) is 11.2 Å². The molecule has 1 heterocycles. The van der Waals surface area contributed by atoms with E-state index >= 15 is 0 Å². The summed E-state index contributed by atoms with van der Waals surface area (Å²) in [5, 5.41) is 1.60. The number of anilines is 1. The number of nitrogens with two attached hydrogens (primary N) is 1. The molecule has 0 atom stereocenters. The van der Waals surface area contributed by atoms with Crippen LogP contribution in [0.5, 0.6) is 5.75 Å². The van der Waals surface area contributed by atoms with E-state index in [4.69, 9.17) is 33.7 Å². The monoisotopic (exact) mass is 274 g/mol. The van der Waals surface area contributed by atoms with Crippen LogP contribution in [-0.4, -0.2) is 4.98 Å². The Labute approximate surface area is 107 Å². The Morgan fingerprint density at radius 2 is 2.19 bits per heavy atom. The summed E-state index contributed by atoms with van der Waals surface area (Å²) in [6.45, 7) is 0.399. The lowest BCUT2D eigenvalue weighted by atomic mass is 10.3. The Balaban J connectivity index is 2.04. The molecular weight excluding hydrogens is 267 g/mol. The van der Waals surface area contributed by atoms with Gasteiger partial charge in [-0.1, -0.05) is 34.5 Å². The number of ether oxygens (including phenoxy) is 1. The van der Waals surface area contributed by atoms with Crippen LogP contribution in [0.3, 0.4) is 0 Å². The zero-order chi connectivity index (χ0) is 11.5. The van der Waals surface area contributed by atoms with E-state index in [1.54, 1.807) is 24.4 Å². The molecule has 0 unspecified atom stereocenters. The maximum absolute atomic E-state index is 5.95. The van der Waals surface area contributed by atoms with Crippen LogP contribution in [0.25, 0.3) is 0 Å². The van der Waals surface area contributed by atoms with Crippen molar-refractivity contribution in [2.45, 2.75) is 6.61 Å². The molecule has 84 valence electrons. The summed E-state index contributed by atoms with van der Waals surface area (Å²) in [6, 6.07) is 5.10. The molecule has 0 bridgehead atoms. The minimum Gasteiger partial charge on any atom is -0.486 e. The quantitative estimate of drug-likeness (QED) is 0.930. The molecule has 1 aromatic carbocycles. The van der Waals surface area contributed by atoms with Gasteiger partial charge in [-0.2, -0.15) is 0 Å². The third kappa shape index (κ3) is 2.78. The molecule has 2 aromatic rings. The first kappa shape index (κ1) is 11.5. The third-order valence-corrected chi connectivity index (χ3v) is 3.17. The van der Waals surface area contributed by atoms with Crippen LogP contribution in [0, 0.1) is 0 Å². The van der Waals surface area contributed by atoms with Gasteiger partial charge in [-0.25, -0.2) is 4.98 Å². The molecule has 3 nitrogen and oxygen atoms in total. The lowest BCUT2D eigenvalue weighted by Gasteiger charge is -2.06. The molecule has 0 spiro atoms. The summed E-state index contributed by atoms with van der Waals surface area (Å²) in [6.07, 6.45) is 1.68. The Hall–Kier alpha value is -0.970. The average molecular weight is 275 g/mol. The fourth-order valence-electron chi connectivity index (χ4n) is 1.13. The fourth-order valence-corrected chi connectivity index (χ4v) is 2.19. The van der Waals surface area contributed by atoms with Crippen molar-refractivity contribution in [1.29, 1.82) is 0 Å². The number of thiazole rings is 1. The second-order valence-corrected chi connectivity index (χ2v) is 5.02. The van der Waals surface area contributed by atoms with Gasteiger partial charge in [0.05, 0.1) is 9.90 Å². The van der Waals surface area contributed by atoms with Crippen LogP contribution in [0.4, 0.5) is 5.13 Å². The number of hydrogen-bond acceptors (Lipinski definition) is 4. The van der Waals surface area contributed by atoms with Gasteiger partial charge < -0.3 is 10.5 Å². The van der Waals surface area contributed by atoms with Crippen molar-refractivity contribution in [3.8, 4) is 5.75 Å². The molecule has 0 saturated heterocycles. The normalized spacial score (nSPS) is 10.4. The molecule has 2 N–H and O–H groups in total. The summed E-state index contributed by atoms with van der Waals surface area (Å²) < 4.78 is 5.52. The number of benzene rings is 1. The predicted molar refractivity (Wildman–Crippen MR) is 67.3 cm³/mol. The minimum atomic E-state index is 0.399. The summed E-state index contributed by atoms with van der Waals surface area (Å²) in [7, 11) is 0. The van der Waals surface area contributed by atoms with Crippen molar-refractivity contribution in [3.05, 3.63) is 39.3 Å². The highest BCUT2D eigenvalue weighted by Crippen LogP contribution is 2.28. The first-order valence-corrected chi connectivity index (χ1v) is 6.00. The van der Waals surface area contributed by atoms with Gasteiger partial charge in [-0.05, 0) is 18.2 Å². The molecule has 0 aliphatic rings. The maximum atomic E-state index is 5.95. The van der Waals surface area contributed by atoms with Crippen molar-refractivity contribution >= 4 is 39.7 Å². The smallest absolute Gasteiger partial charge is 0.180 e. The maximum Gasteiger partial charge on any atom is 0.180 e. The number of rotatable bonds is 3. The molecule has 0 radical (unpaired) electrons. The van der Waals surface area contributed by atoms with Crippen LogP contribution in [0.2, 0.25) is 10.0 Å². The molecule has 0 amide bonds. The Morgan fingerprint density at radius 1 is 1.38 bits per heavy atom. The first-order valence-electron chi connectivity index (χ1n) is 4.43. The van der Waals surface area contributed by atoms with Crippen molar-refractivity contribution in [2.24, 2.45) is 0 Å². The molecule has 0 aliphatic heterocycles. The molecular formula is C10H8Cl2N2OS. The van der Waals surface area contributed by atoms with Crippen LogP contribution in [0.1, 0.15) is 4.88 Å². The number of halogens is 2. The van der Waals surface area contributed by atoms with Gasteiger partial charge in [0.25, 0.3) is 0 Å². The molecule has 0 saturated carbocycles. The Bertz CT molecular complexity index is 501. The van der Waals surface area contributed by atoms with E-state index < -0.39 is 0 Å². The third-order valence-electron chi connectivity index (χ3n) is 1.84. The van der Waals surface area contributed by atoms with Crippen LogP contribution in [0.15, 0.2) is 24.4 Å². The zero-order valence-electron chi connectivity index (χ0n) is 8.11. The van der Waals surface area contributed by atoms with Crippen LogP contribution < -0.4 is 10.5 Å². The summed E-state index contributed by atoms with van der Waals surface area (Å²) in [5.74, 6) is 0.595. The number of aromatic nitrogens is 1. The van der Waals surface area contributed by atoms with Crippen LogP contribution in [-0.2, 0) is 6.61 Å². The highest BCUT2D eigenvalue weighted by atomic mass is 35.5. The lowest BCUT2D eigenvalue weighted by molar-refractivity contribution is 0.310. The molecule has 6 heteroatoms. The number of nitrogens with zero attached hydrogens (tertiary/aromatic N) is 1. The van der Waals surface area contributed by atoms with E-state index in [2.05, 4.69) is 4.98 Å². The lowest BCUT2D eigenvalue weighted by Crippen LogP contribution is -1.93. The van der Waals surface area contributed by atoms with Gasteiger partial charge >= 0.3 is 0 Å². The Kier molecular flexibility index (Phi) is 3.53. The van der Waals surface area contributed by atoms with E-state index in [1.165, 1.54) is 11.3 Å². The second-order valence-electron chi connectivity index (χ2n) is 3.03. The molecule has 0 fully saturated rings. The summed E-state index contributed by atoms with van der Waals surface area (Å²) >= 11 is 13.1. The first-order chi connectivity index (χ1) is 7.65. The zero-order valence-corrected chi connectivity index (χ0v) is 10.4. The predicted octanol–water partition coefficient (Wildman–Crippen LogP) is 3.61. The molecule has 2 rings (SSSR count). The number of nitrogen functional groups attached to an aromatic ring is 1. The summed E-state index contributed by atoms with van der Waals surface area (Å²) in [5.41, 5.74) is 5.51. The van der Waals surface area contributed by atoms with Crippen molar-refractivity contribution in [1.82, 2.24) is 4.98 Å². The van der Waals surface area contributed by atoms with E-state index in [0.717, 1.165) is 4.88 Å². The number of hydrogen-bond donors (Lipinski definition) is 1. The topological polar surface area (TPSA) is 48.1 Å². The van der Waals surface area contributed by atoms with Gasteiger partial charge in [0.15, 0.2) is 5.13 Å². The summed E-state index contributed by atoms with van der Waals surface area (Å²) in [4.78, 5) is 4.88. The van der Waals surface area contributed by atoms with Gasteiger partial charge in [0.2, 0.25) is 0 Å². The average Bonchev–Trinajstić information content (AvgIpc) is 2.63. The minimum absolute atomic E-state index is 0.399. The van der Waals surface area contributed by atoms with E-state index in [9.17, 15) is 0 Å². The SMILES string of the molecule is Nc1ncc(COc2ccc(Cl)cc2Cl)s1. The second kappa shape index (κ2) is 4.91. The van der Waals surface area contributed by atoms with Crippen molar-refractivity contribution in [2.75, 3.05) is 5.73 Å². The highest BCUT2D eigenvalue weighted by molar-refractivity contribution is 7.15.